The second-order valence-electron chi connectivity index (χ2n) is 5.06. The van der Waals surface area contributed by atoms with Gasteiger partial charge in [-0.25, -0.2) is 13.4 Å². The predicted molar refractivity (Wildman–Crippen MR) is 75.7 cm³/mol. The van der Waals surface area contributed by atoms with Crippen LogP contribution in [0.4, 0.5) is 5.69 Å². The van der Waals surface area contributed by atoms with E-state index in [1.807, 2.05) is 0 Å². The first-order chi connectivity index (χ1) is 9.49. The number of hydrogen-bond acceptors (Lipinski definition) is 5. The minimum Gasteiger partial charge on any atom is -0.396 e. The number of amides is 1. The maximum Gasteiger partial charge on any atom is 0.235 e. The van der Waals surface area contributed by atoms with Gasteiger partial charge in [-0.15, -0.1) is 0 Å². The summed E-state index contributed by atoms with van der Waals surface area (Å²) in [6.45, 7) is 0. The molecule has 1 saturated carbocycles. The van der Waals surface area contributed by atoms with Crippen LogP contribution in [-0.4, -0.2) is 31.1 Å². The van der Waals surface area contributed by atoms with Crippen molar-refractivity contribution in [3.05, 3.63) is 18.3 Å². The van der Waals surface area contributed by atoms with Crippen LogP contribution in [0.5, 0.6) is 0 Å². The number of nitrogens with one attached hydrogen (secondary N) is 1. The fraction of sp³-hybridized carbons (Fsp3) is 0.538. The molecule has 0 saturated heterocycles. The third kappa shape index (κ3) is 3.69. The molecule has 1 aliphatic carbocycles. The largest absolute Gasteiger partial charge is 0.396 e. The van der Waals surface area contributed by atoms with Crippen molar-refractivity contribution < 1.29 is 13.2 Å². The van der Waals surface area contributed by atoms with Gasteiger partial charge >= 0.3 is 0 Å². The summed E-state index contributed by atoms with van der Waals surface area (Å²) in [4.78, 5) is 15.6. The van der Waals surface area contributed by atoms with E-state index in [-0.39, 0.29) is 16.8 Å². The van der Waals surface area contributed by atoms with Gasteiger partial charge in [0, 0.05) is 12.2 Å². The Morgan fingerprint density at radius 1 is 1.35 bits per heavy atom. The normalized spacial score (nSPS) is 16.8. The number of anilines is 1. The molecular weight excluding hydrogens is 278 g/mol. The van der Waals surface area contributed by atoms with Gasteiger partial charge in [0.25, 0.3) is 0 Å². The number of carbonyl (C=O) groups is 1. The number of carbonyl (C=O) groups excluding carboxylic acids is 1. The lowest BCUT2D eigenvalue weighted by atomic mass is 9.95. The van der Waals surface area contributed by atoms with E-state index in [1.54, 1.807) is 6.07 Å². The zero-order chi connectivity index (χ0) is 14.6. The van der Waals surface area contributed by atoms with E-state index in [0.717, 1.165) is 25.7 Å². The smallest absolute Gasteiger partial charge is 0.235 e. The van der Waals surface area contributed by atoms with Gasteiger partial charge in [0.1, 0.15) is 5.75 Å². The molecule has 110 valence electrons. The van der Waals surface area contributed by atoms with Crippen molar-refractivity contribution in [3.8, 4) is 0 Å². The van der Waals surface area contributed by atoms with Crippen LogP contribution in [0.3, 0.4) is 0 Å². The average Bonchev–Trinajstić information content (AvgIpc) is 2.39. The highest BCUT2D eigenvalue weighted by atomic mass is 32.2. The van der Waals surface area contributed by atoms with Crippen LogP contribution >= 0.6 is 0 Å². The maximum absolute atomic E-state index is 12.1. The quantitative estimate of drug-likeness (QED) is 0.859. The Balaban J connectivity index is 2.01. The lowest BCUT2D eigenvalue weighted by Crippen LogP contribution is -2.39. The van der Waals surface area contributed by atoms with Gasteiger partial charge in [-0.2, -0.15) is 0 Å². The van der Waals surface area contributed by atoms with Gasteiger partial charge in [-0.3, -0.25) is 4.79 Å². The minimum absolute atomic E-state index is 0.0676. The molecule has 3 N–H and O–H groups in total. The van der Waals surface area contributed by atoms with Crippen molar-refractivity contribution in [2.75, 3.05) is 11.5 Å². The summed E-state index contributed by atoms with van der Waals surface area (Å²) in [5.41, 5.74) is 5.66. The van der Waals surface area contributed by atoms with E-state index >= 15 is 0 Å². The SMILES string of the molecule is Nc1cccnc1S(=O)(=O)CC(=O)NC1CCCCC1. The fourth-order valence-corrected chi connectivity index (χ4v) is 3.63. The molecule has 7 heteroatoms. The molecule has 0 atom stereocenters. The number of nitrogen functional groups attached to an aromatic ring is 1. The second kappa shape index (κ2) is 6.21. The average molecular weight is 297 g/mol. The lowest BCUT2D eigenvalue weighted by Gasteiger charge is -2.22. The second-order valence-corrected chi connectivity index (χ2v) is 6.96. The molecule has 1 amide bonds. The van der Waals surface area contributed by atoms with Gasteiger partial charge in [0.2, 0.25) is 15.7 Å². The molecule has 0 radical (unpaired) electrons. The molecule has 2 rings (SSSR count). The zero-order valence-electron chi connectivity index (χ0n) is 11.2. The number of sulfone groups is 1. The fourth-order valence-electron chi connectivity index (χ4n) is 2.42. The molecule has 1 heterocycles. The highest BCUT2D eigenvalue weighted by Crippen LogP contribution is 2.18. The number of nitrogens with two attached hydrogens (primary N) is 1. The summed E-state index contributed by atoms with van der Waals surface area (Å²) < 4.78 is 24.2. The van der Waals surface area contributed by atoms with Gasteiger partial charge < -0.3 is 11.1 Å². The number of aromatic nitrogens is 1. The highest BCUT2D eigenvalue weighted by molar-refractivity contribution is 7.92. The van der Waals surface area contributed by atoms with Crippen molar-refractivity contribution >= 4 is 21.4 Å². The maximum atomic E-state index is 12.1. The van der Waals surface area contributed by atoms with Crippen LogP contribution in [0, 0.1) is 0 Å². The van der Waals surface area contributed by atoms with Gasteiger partial charge in [0.15, 0.2) is 5.03 Å². The van der Waals surface area contributed by atoms with Gasteiger partial charge in [-0.05, 0) is 25.0 Å². The molecule has 20 heavy (non-hydrogen) atoms. The zero-order valence-corrected chi connectivity index (χ0v) is 12.0. The van der Waals surface area contributed by atoms with E-state index in [4.69, 9.17) is 5.73 Å². The number of hydrogen-bond donors (Lipinski definition) is 2. The first-order valence-electron chi connectivity index (χ1n) is 6.71. The van der Waals surface area contributed by atoms with E-state index in [2.05, 4.69) is 10.3 Å². The Morgan fingerprint density at radius 3 is 2.70 bits per heavy atom. The third-order valence-electron chi connectivity index (χ3n) is 3.39. The van der Waals surface area contributed by atoms with E-state index < -0.39 is 21.5 Å². The molecule has 1 aromatic heterocycles. The topological polar surface area (TPSA) is 102 Å². The van der Waals surface area contributed by atoms with E-state index in [9.17, 15) is 13.2 Å². The van der Waals surface area contributed by atoms with Crippen LogP contribution in [-0.2, 0) is 14.6 Å². The molecule has 0 spiro atoms. The van der Waals surface area contributed by atoms with Crippen molar-refractivity contribution in [2.45, 2.75) is 43.2 Å². The highest BCUT2D eigenvalue weighted by Gasteiger charge is 2.25. The Labute approximate surface area is 118 Å². The molecule has 0 aliphatic heterocycles. The molecule has 1 aromatic rings. The molecule has 6 nitrogen and oxygen atoms in total. The molecule has 0 unspecified atom stereocenters. The standard InChI is InChI=1S/C13H19N3O3S/c14-11-7-4-8-15-13(11)20(18,19)9-12(17)16-10-5-2-1-3-6-10/h4,7-8,10H,1-3,5-6,9,14H2,(H,16,17). The van der Waals surface area contributed by atoms with Crippen LogP contribution in [0.15, 0.2) is 23.4 Å². The lowest BCUT2D eigenvalue weighted by molar-refractivity contribution is -0.119. The van der Waals surface area contributed by atoms with Crippen LogP contribution in [0.25, 0.3) is 0 Å². The van der Waals surface area contributed by atoms with Crippen molar-refractivity contribution in [1.29, 1.82) is 0 Å². The van der Waals surface area contributed by atoms with Gasteiger partial charge in [0.05, 0.1) is 5.69 Å². The molecule has 0 aromatic carbocycles. The van der Waals surface area contributed by atoms with Gasteiger partial charge in [-0.1, -0.05) is 19.3 Å². The summed E-state index contributed by atoms with van der Waals surface area (Å²) in [6.07, 6.45) is 6.50. The summed E-state index contributed by atoms with van der Waals surface area (Å²) in [5, 5.41) is 2.55. The summed E-state index contributed by atoms with van der Waals surface area (Å²) in [5.74, 6) is -1.09. The summed E-state index contributed by atoms with van der Waals surface area (Å²) in [6, 6.07) is 3.10. The molecular formula is C13H19N3O3S. The van der Waals surface area contributed by atoms with E-state index in [1.165, 1.54) is 18.7 Å². The molecule has 0 bridgehead atoms. The van der Waals surface area contributed by atoms with Crippen molar-refractivity contribution in [2.24, 2.45) is 0 Å². The Kier molecular flexibility index (Phi) is 4.59. The number of nitrogens with zero attached hydrogens (tertiary/aromatic N) is 1. The minimum atomic E-state index is -3.79. The number of pyridine rings is 1. The first kappa shape index (κ1) is 14.8. The Hall–Kier alpha value is -1.63. The van der Waals surface area contributed by atoms with E-state index in [0.29, 0.717) is 0 Å². The predicted octanol–water partition coefficient (Wildman–Crippen LogP) is 0.886. The molecule has 1 fully saturated rings. The first-order valence-corrected chi connectivity index (χ1v) is 8.37. The molecule has 1 aliphatic rings. The summed E-state index contributed by atoms with van der Waals surface area (Å²) >= 11 is 0. The number of rotatable bonds is 4. The van der Waals surface area contributed by atoms with Crippen molar-refractivity contribution in [3.63, 3.8) is 0 Å². The summed E-state index contributed by atoms with van der Waals surface area (Å²) in [7, 11) is -3.79. The van der Waals surface area contributed by atoms with Crippen LogP contribution < -0.4 is 11.1 Å². The third-order valence-corrected chi connectivity index (χ3v) is 4.96. The Morgan fingerprint density at radius 2 is 2.05 bits per heavy atom. The monoisotopic (exact) mass is 297 g/mol. The Bertz CT molecular complexity index is 580. The van der Waals surface area contributed by atoms with Crippen LogP contribution in [0.1, 0.15) is 32.1 Å². The van der Waals surface area contributed by atoms with Crippen LogP contribution in [0.2, 0.25) is 0 Å². The van der Waals surface area contributed by atoms with Crippen molar-refractivity contribution in [1.82, 2.24) is 10.3 Å².